The van der Waals surface area contributed by atoms with Crippen molar-refractivity contribution >= 4 is 22.7 Å². The van der Waals surface area contributed by atoms with Crippen molar-refractivity contribution in [2.24, 2.45) is 0 Å². The van der Waals surface area contributed by atoms with E-state index in [0.717, 1.165) is 11.4 Å². The Labute approximate surface area is 167 Å². The molecule has 28 heavy (non-hydrogen) atoms. The Morgan fingerprint density at radius 3 is 2.57 bits per heavy atom. The average molecular weight is 388 g/mol. The maximum atomic E-state index is 13.3. The zero-order valence-electron chi connectivity index (χ0n) is 15.8. The molecule has 0 aliphatic heterocycles. The lowest BCUT2D eigenvalue weighted by molar-refractivity contribution is 0.414. The summed E-state index contributed by atoms with van der Waals surface area (Å²) in [4.78, 5) is 18.1. The smallest absolute Gasteiger partial charge is 0.266 e. The zero-order valence-corrected chi connectivity index (χ0v) is 16.6. The molecule has 4 aromatic rings. The number of benzene rings is 3. The van der Waals surface area contributed by atoms with Crippen LogP contribution in [0.2, 0.25) is 0 Å². The van der Waals surface area contributed by atoms with Crippen LogP contribution in [-0.4, -0.2) is 16.7 Å². The monoisotopic (exact) mass is 388 g/mol. The van der Waals surface area contributed by atoms with Gasteiger partial charge < -0.3 is 4.74 Å². The standard InChI is InChI=1S/C23H20N2O2S/c1-16-10-12-17(13-11-16)15-28-23-24-21-9-4-3-8-20(21)22(26)25(23)18-6-5-7-19(14-18)27-2/h3-14H,15H2,1-2H3. The highest BCUT2D eigenvalue weighted by Crippen LogP contribution is 2.26. The van der Waals surface area contributed by atoms with Crippen LogP contribution >= 0.6 is 11.8 Å². The first kappa shape index (κ1) is 18.3. The van der Waals surface area contributed by atoms with Crippen LogP contribution in [0.25, 0.3) is 16.6 Å². The van der Waals surface area contributed by atoms with Crippen LogP contribution in [0.5, 0.6) is 5.75 Å². The van der Waals surface area contributed by atoms with Gasteiger partial charge in [-0.3, -0.25) is 9.36 Å². The van der Waals surface area contributed by atoms with E-state index in [9.17, 15) is 4.79 Å². The highest BCUT2D eigenvalue weighted by molar-refractivity contribution is 7.98. The molecular weight excluding hydrogens is 368 g/mol. The molecule has 0 N–H and O–H groups in total. The first-order chi connectivity index (χ1) is 13.7. The Balaban J connectivity index is 1.83. The minimum atomic E-state index is -0.0785. The Kier molecular flexibility index (Phi) is 5.17. The lowest BCUT2D eigenvalue weighted by Crippen LogP contribution is -2.21. The Hall–Kier alpha value is -3.05. The predicted octanol–water partition coefficient (Wildman–Crippen LogP) is 5.00. The minimum absolute atomic E-state index is 0.0785. The van der Waals surface area contributed by atoms with Gasteiger partial charge in [-0.05, 0) is 36.8 Å². The van der Waals surface area contributed by atoms with Crippen molar-refractivity contribution in [3.63, 3.8) is 0 Å². The predicted molar refractivity (Wildman–Crippen MR) is 115 cm³/mol. The van der Waals surface area contributed by atoms with Gasteiger partial charge in [0.25, 0.3) is 5.56 Å². The van der Waals surface area contributed by atoms with Crippen LogP contribution in [0.3, 0.4) is 0 Å². The number of thioether (sulfide) groups is 1. The van der Waals surface area contributed by atoms with E-state index in [0.29, 0.717) is 21.8 Å². The number of nitrogens with zero attached hydrogens (tertiary/aromatic N) is 2. The summed E-state index contributed by atoms with van der Waals surface area (Å²) in [6.07, 6.45) is 0. The molecule has 0 amide bonds. The average Bonchev–Trinajstić information content (AvgIpc) is 2.73. The van der Waals surface area contributed by atoms with Crippen LogP contribution < -0.4 is 10.3 Å². The van der Waals surface area contributed by atoms with Crippen molar-refractivity contribution in [1.82, 2.24) is 9.55 Å². The molecule has 0 spiro atoms. The summed E-state index contributed by atoms with van der Waals surface area (Å²) in [5, 5.41) is 1.27. The van der Waals surface area contributed by atoms with Crippen molar-refractivity contribution in [1.29, 1.82) is 0 Å². The fourth-order valence-electron chi connectivity index (χ4n) is 3.02. The number of rotatable bonds is 5. The van der Waals surface area contributed by atoms with Gasteiger partial charge in [-0.1, -0.05) is 59.8 Å². The lowest BCUT2D eigenvalue weighted by atomic mass is 10.2. The van der Waals surface area contributed by atoms with E-state index < -0.39 is 0 Å². The fraction of sp³-hybridized carbons (Fsp3) is 0.130. The number of hydrogen-bond donors (Lipinski definition) is 0. The molecule has 4 rings (SSSR count). The third kappa shape index (κ3) is 3.66. The van der Waals surface area contributed by atoms with E-state index >= 15 is 0 Å². The summed E-state index contributed by atoms with van der Waals surface area (Å²) in [6.45, 7) is 2.07. The molecule has 0 bridgehead atoms. The van der Waals surface area contributed by atoms with Crippen LogP contribution in [0.1, 0.15) is 11.1 Å². The first-order valence-electron chi connectivity index (χ1n) is 9.00. The second-order valence-corrected chi connectivity index (χ2v) is 7.47. The molecule has 140 valence electrons. The van der Waals surface area contributed by atoms with Gasteiger partial charge in [0.1, 0.15) is 5.75 Å². The lowest BCUT2D eigenvalue weighted by Gasteiger charge is -2.14. The van der Waals surface area contributed by atoms with Gasteiger partial charge in [0.05, 0.1) is 23.7 Å². The van der Waals surface area contributed by atoms with Gasteiger partial charge in [0.2, 0.25) is 0 Å². The number of para-hydroxylation sites is 1. The maximum Gasteiger partial charge on any atom is 0.266 e. The quantitative estimate of drug-likeness (QED) is 0.357. The number of ether oxygens (including phenoxy) is 1. The molecule has 0 atom stereocenters. The molecule has 0 aliphatic carbocycles. The number of aromatic nitrogens is 2. The largest absolute Gasteiger partial charge is 0.497 e. The molecule has 5 heteroatoms. The topological polar surface area (TPSA) is 44.1 Å². The molecule has 0 aliphatic rings. The highest BCUT2D eigenvalue weighted by Gasteiger charge is 2.14. The molecule has 0 fully saturated rings. The third-order valence-corrected chi connectivity index (χ3v) is 5.55. The van der Waals surface area contributed by atoms with E-state index in [-0.39, 0.29) is 5.56 Å². The number of aryl methyl sites for hydroxylation is 1. The normalized spacial score (nSPS) is 10.9. The van der Waals surface area contributed by atoms with Gasteiger partial charge in [-0.2, -0.15) is 0 Å². The molecule has 3 aromatic carbocycles. The molecule has 1 aromatic heterocycles. The van der Waals surface area contributed by atoms with Gasteiger partial charge in [-0.15, -0.1) is 0 Å². The molecule has 0 unspecified atom stereocenters. The van der Waals surface area contributed by atoms with Crippen LogP contribution in [-0.2, 0) is 5.75 Å². The second kappa shape index (κ2) is 7.90. The number of fused-ring (bicyclic) bond motifs is 1. The minimum Gasteiger partial charge on any atom is -0.497 e. The van der Waals surface area contributed by atoms with Crippen molar-refractivity contribution in [3.8, 4) is 11.4 Å². The van der Waals surface area contributed by atoms with Crippen LogP contribution in [0.4, 0.5) is 0 Å². The van der Waals surface area contributed by atoms with E-state index in [1.165, 1.54) is 11.1 Å². The molecule has 0 saturated carbocycles. The van der Waals surface area contributed by atoms with Crippen molar-refractivity contribution in [2.75, 3.05) is 7.11 Å². The van der Waals surface area contributed by atoms with Gasteiger partial charge >= 0.3 is 0 Å². The van der Waals surface area contributed by atoms with E-state index in [2.05, 4.69) is 31.2 Å². The van der Waals surface area contributed by atoms with E-state index in [1.807, 2.05) is 48.5 Å². The van der Waals surface area contributed by atoms with Gasteiger partial charge in [-0.25, -0.2) is 4.98 Å². The van der Waals surface area contributed by atoms with Crippen LogP contribution in [0.15, 0.2) is 82.7 Å². The highest BCUT2D eigenvalue weighted by atomic mass is 32.2. The summed E-state index contributed by atoms with van der Waals surface area (Å²) in [5.41, 5.74) is 3.79. The van der Waals surface area contributed by atoms with E-state index in [1.54, 1.807) is 23.4 Å². The molecule has 1 heterocycles. The molecule has 0 saturated heterocycles. The van der Waals surface area contributed by atoms with Crippen molar-refractivity contribution in [2.45, 2.75) is 17.8 Å². The summed E-state index contributed by atoms with van der Waals surface area (Å²) >= 11 is 1.55. The zero-order chi connectivity index (χ0) is 19.5. The number of methoxy groups -OCH3 is 1. The van der Waals surface area contributed by atoms with Crippen molar-refractivity contribution < 1.29 is 4.74 Å². The third-order valence-electron chi connectivity index (χ3n) is 4.54. The SMILES string of the molecule is COc1cccc(-n2c(SCc3ccc(C)cc3)nc3ccccc3c2=O)c1. The summed E-state index contributed by atoms with van der Waals surface area (Å²) < 4.78 is 7.01. The Morgan fingerprint density at radius 2 is 1.79 bits per heavy atom. The van der Waals surface area contributed by atoms with E-state index in [4.69, 9.17) is 9.72 Å². The van der Waals surface area contributed by atoms with Gasteiger partial charge in [0.15, 0.2) is 5.16 Å². The van der Waals surface area contributed by atoms with Crippen molar-refractivity contribution in [3.05, 3.63) is 94.3 Å². The van der Waals surface area contributed by atoms with Gasteiger partial charge in [0, 0.05) is 11.8 Å². The first-order valence-corrected chi connectivity index (χ1v) is 9.99. The maximum absolute atomic E-state index is 13.3. The molecule has 0 radical (unpaired) electrons. The summed E-state index contributed by atoms with van der Waals surface area (Å²) in [5.74, 6) is 1.43. The molecule has 4 nitrogen and oxygen atoms in total. The molecular formula is C23H20N2O2S. The Morgan fingerprint density at radius 1 is 1.00 bits per heavy atom. The summed E-state index contributed by atoms with van der Waals surface area (Å²) in [6, 6.07) is 23.4. The second-order valence-electron chi connectivity index (χ2n) is 6.53. The number of hydrogen-bond acceptors (Lipinski definition) is 4. The Bertz CT molecular complexity index is 1180. The summed E-state index contributed by atoms with van der Waals surface area (Å²) in [7, 11) is 1.62. The fourth-order valence-corrected chi connectivity index (χ4v) is 3.99. The van der Waals surface area contributed by atoms with Crippen LogP contribution in [0, 0.1) is 6.92 Å².